The lowest BCUT2D eigenvalue weighted by Gasteiger charge is -2.20. The number of phenols is 2. The summed E-state index contributed by atoms with van der Waals surface area (Å²) in [6.07, 6.45) is 1.36. The van der Waals surface area contributed by atoms with Crippen molar-refractivity contribution in [2.75, 3.05) is 14.1 Å². The molecule has 0 radical (unpaired) electrons. The van der Waals surface area contributed by atoms with Crippen LogP contribution >= 0.6 is 11.6 Å². The second-order valence-electron chi connectivity index (χ2n) is 7.05. The molecule has 0 bridgehead atoms. The first-order valence-electron chi connectivity index (χ1n) is 8.87. The Balaban J connectivity index is 2.17. The van der Waals surface area contributed by atoms with E-state index in [9.17, 15) is 27.8 Å². The molecule has 160 valence electrons. The van der Waals surface area contributed by atoms with E-state index in [1.54, 1.807) is 0 Å². The molecular formula is C20H20ClFN2O5S. The van der Waals surface area contributed by atoms with E-state index in [1.165, 1.54) is 43.3 Å². The van der Waals surface area contributed by atoms with E-state index in [0.29, 0.717) is 5.56 Å². The Morgan fingerprint density at radius 1 is 1.30 bits per heavy atom. The summed E-state index contributed by atoms with van der Waals surface area (Å²) in [7, 11) is -1.40. The Hall–Kier alpha value is -2.62. The first kappa shape index (κ1) is 22.1. The van der Waals surface area contributed by atoms with E-state index >= 15 is 0 Å². The molecule has 0 saturated heterocycles. The summed E-state index contributed by atoms with van der Waals surface area (Å²) >= 11 is 5.80. The predicted molar refractivity (Wildman–Crippen MR) is 110 cm³/mol. The third kappa shape index (κ3) is 3.53. The molecule has 2 aromatic rings. The number of fused-ring (bicyclic) bond motifs is 1. The molecule has 7 nitrogen and oxygen atoms in total. The monoisotopic (exact) mass is 454 g/mol. The second-order valence-corrected chi connectivity index (χ2v) is 9.54. The Morgan fingerprint density at radius 3 is 2.53 bits per heavy atom. The van der Waals surface area contributed by atoms with Crippen molar-refractivity contribution in [2.24, 2.45) is 0 Å². The molecule has 10 heteroatoms. The van der Waals surface area contributed by atoms with Gasteiger partial charge < -0.3 is 15.1 Å². The van der Waals surface area contributed by atoms with E-state index in [0.717, 1.165) is 4.31 Å². The number of hydrogen-bond donors (Lipinski definition) is 2. The van der Waals surface area contributed by atoms with Crippen LogP contribution < -0.4 is 0 Å². The number of allylic oxidation sites excluding steroid dienone is 1. The van der Waals surface area contributed by atoms with Crippen molar-refractivity contribution < 1.29 is 27.8 Å². The number of amides is 1. The highest BCUT2D eigenvalue weighted by atomic mass is 35.5. The van der Waals surface area contributed by atoms with Gasteiger partial charge in [-0.3, -0.25) is 4.79 Å². The number of aromatic hydroxyl groups is 2. The van der Waals surface area contributed by atoms with Gasteiger partial charge in [-0.2, -0.15) is 0 Å². The lowest BCUT2D eigenvalue weighted by atomic mass is 10.0. The molecule has 2 N–H and O–H groups in total. The van der Waals surface area contributed by atoms with Crippen LogP contribution in [-0.4, -0.2) is 47.8 Å². The van der Waals surface area contributed by atoms with E-state index < -0.39 is 33.2 Å². The fourth-order valence-electron chi connectivity index (χ4n) is 3.42. The molecule has 0 aliphatic carbocycles. The molecular weight excluding hydrogens is 435 g/mol. The summed E-state index contributed by atoms with van der Waals surface area (Å²) in [5.74, 6) is -2.61. The Morgan fingerprint density at radius 2 is 1.97 bits per heavy atom. The molecule has 0 unspecified atom stereocenters. The highest BCUT2D eigenvalue weighted by molar-refractivity contribution is 7.89. The van der Waals surface area contributed by atoms with Crippen molar-refractivity contribution in [1.82, 2.24) is 9.21 Å². The maximum absolute atomic E-state index is 13.4. The summed E-state index contributed by atoms with van der Waals surface area (Å²) in [6.45, 7) is 3.45. The normalized spacial score (nSPS) is 13.8. The lowest BCUT2D eigenvalue weighted by molar-refractivity contribution is 0.0764. The topological polar surface area (TPSA) is 98.1 Å². The molecule has 1 aliphatic rings. The highest BCUT2D eigenvalue weighted by Crippen LogP contribution is 2.45. The smallest absolute Gasteiger partial charge is 0.258 e. The molecule has 3 rings (SSSR count). The summed E-state index contributed by atoms with van der Waals surface area (Å²) in [6, 6.07) is 3.99. The summed E-state index contributed by atoms with van der Waals surface area (Å²) in [5, 5.41) is 20.8. The molecule has 1 heterocycles. The molecule has 0 atom stereocenters. The Kier molecular flexibility index (Phi) is 5.81. The number of carbonyl (C=O) groups is 1. The van der Waals surface area contributed by atoms with Gasteiger partial charge in [0.2, 0.25) is 10.0 Å². The van der Waals surface area contributed by atoms with Crippen LogP contribution in [0.5, 0.6) is 11.5 Å². The van der Waals surface area contributed by atoms with Crippen LogP contribution in [0, 0.1) is 5.82 Å². The average Bonchev–Trinajstić information content (AvgIpc) is 2.98. The van der Waals surface area contributed by atoms with Crippen LogP contribution in [0.3, 0.4) is 0 Å². The van der Waals surface area contributed by atoms with Crippen molar-refractivity contribution in [3.8, 4) is 11.5 Å². The molecule has 0 fully saturated rings. The predicted octanol–water partition coefficient (Wildman–Crippen LogP) is 3.03. The van der Waals surface area contributed by atoms with Gasteiger partial charge in [0.15, 0.2) is 11.5 Å². The largest absolute Gasteiger partial charge is 0.504 e. The van der Waals surface area contributed by atoms with E-state index in [4.69, 9.17) is 11.6 Å². The Labute approximate surface area is 178 Å². The number of hydrogen-bond acceptors (Lipinski definition) is 5. The zero-order chi connectivity index (χ0) is 22.4. The van der Waals surface area contributed by atoms with Gasteiger partial charge in [-0.15, -0.1) is 6.58 Å². The van der Waals surface area contributed by atoms with Crippen LogP contribution in [0.1, 0.15) is 27.0 Å². The standard InChI is InChI=1S/C20H20ClFN2O5S/c1-4-5-12-17(25)18(26)16-13(19(12)30(28,29)23(2)3)10-24(20(16)27)9-11-6-7-15(22)14(21)8-11/h4,6-8,25-26H,1,5,9-10H2,2-3H3. The Bertz CT molecular complexity index is 1160. The molecule has 30 heavy (non-hydrogen) atoms. The van der Waals surface area contributed by atoms with Gasteiger partial charge in [0.25, 0.3) is 5.91 Å². The number of halogens is 2. The summed E-state index contributed by atoms with van der Waals surface area (Å²) < 4.78 is 40.4. The molecule has 2 aromatic carbocycles. The molecule has 1 amide bonds. The second kappa shape index (κ2) is 7.90. The van der Waals surface area contributed by atoms with Crippen LogP contribution in [0.4, 0.5) is 4.39 Å². The average molecular weight is 455 g/mol. The minimum Gasteiger partial charge on any atom is -0.504 e. The van der Waals surface area contributed by atoms with E-state index in [-0.39, 0.29) is 46.1 Å². The zero-order valence-electron chi connectivity index (χ0n) is 16.3. The molecule has 1 aliphatic heterocycles. The first-order valence-corrected chi connectivity index (χ1v) is 10.7. The fraction of sp³-hybridized carbons (Fsp3) is 0.250. The first-order chi connectivity index (χ1) is 14.0. The van der Waals surface area contributed by atoms with Crippen LogP contribution in [0.2, 0.25) is 5.02 Å². The number of benzene rings is 2. The van der Waals surface area contributed by atoms with Gasteiger partial charge in [-0.25, -0.2) is 17.1 Å². The number of phenolic OH excluding ortho intramolecular Hbond substituents is 2. The third-order valence-corrected chi connectivity index (χ3v) is 7.15. The molecule has 0 spiro atoms. The fourth-order valence-corrected chi connectivity index (χ4v) is 4.96. The van der Waals surface area contributed by atoms with Crippen LogP contribution in [0.25, 0.3) is 0 Å². The van der Waals surface area contributed by atoms with Crippen molar-refractivity contribution in [3.63, 3.8) is 0 Å². The highest BCUT2D eigenvalue weighted by Gasteiger charge is 2.40. The van der Waals surface area contributed by atoms with Crippen LogP contribution in [-0.2, 0) is 29.5 Å². The third-order valence-electron chi connectivity index (χ3n) is 4.89. The number of rotatable bonds is 6. The van der Waals surface area contributed by atoms with Gasteiger partial charge in [-0.05, 0) is 24.1 Å². The number of nitrogens with zero attached hydrogens (tertiary/aromatic N) is 2. The quantitative estimate of drug-likeness (QED) is 0.516. The number of sulfonamides is 1. The van der Waals surface area contributed by atoms with E-state index in [1.807, 2.05) is 0 Å². The van der Waals surface area contributed by atoms with Gasteiger partial charge in [0.1, 0.15) is 5.82 Å². The number of carbonyl (C=O) groups excluding carboxylic acids is 1. The van der Waals surface area contributed by atoms with Gasteiger partial charge >= 0.3 is 0 Å². The van der Waals surface area contributed by atoms with Crippen molar-refractivity contribution in [2.45, 2.75) is 24.4 Å². The maximum Gasteiger partial charge on any atom is 0.258 e. The van der Waals surface area contributed by atoms with Gasteiger partial charge in [-0.1, -0.05) is 23.7 Å². The van der Waals surface area contributed by atoms with Crippen LogP contribution in [0.15, 0.2) is 35.7 Å². The maximum atomic E-state index is 13.4. The van der Waals surface area contributed by atoms with Crippen molar-refractivity contribution in [1.29, 1.82) is 0 Å². The van der Waals surface area contributed by atoms with Crippen molar-refractivity contribution >= 4 is 27.5 Å². The minimum atomic E-state index is -4.06. The van der Waals surface area contributed by atoms with Gasteiger partial charge in [0, 0.05) is 38.3 Å². The van der Waals surface area contributed by atoms with E-state index in [2.05, 4.69) is 6.58 Å². The molecule has 0 aromatic heterocycles. The minimum absolute atomic E-state index is 0.00591. The molecule has 0 saturated carbocycles. The SMILES string of the molecule is C=CCc1c(O)c(O)c2c(c1S(=O)(=O)N(C)C)CN(Cc1ccc(F)c(Cl)c1)C2=O. The summed E-state index contributed by atoms with van der Waals surface area (Å²) in [4.78, 5) is 14.0. The van der Waals surface area contributed by atoms with Crippen molar-refractivity contribution in [3.05, 3.63) is 63.9 Å². The lowest BCUT2D eigenvalue weighted by Crippen LogP contribution is -2.25. The summed E-state index contributed by atoms with van der Waals surface area (Å²) in [5.41, 5.74) is 0.312. The van der Waals surface area contributed by atoms with Gasteiger partial charge in [0.05, 0.1) is 15.5 Å². The zero-order valence-corrected chi connectivity index (χ0v) is 17.9.